The van der Waals surface area contributed by atoms with Crippen molar-refractivity contribution in [2.75, 3.05) is 26.2 Å². The fourth-order valence-electron chi connectivity index (χ4n) is 4.38. The quantitative estimate of drug-likeness (QED) is 0.650. The predicted molar refractivity (Wildman–Crippen MR) is 113 cm³/mol. The monoisotopic (exact) mass is 369 g/mol. The second-order valence-electron chi connectivity index (χ2n) is 7.18. The van der Waals surface area contributed by atoms with Gasteiger partial charge in [0.05, 0.1) is 5.54 Å². The molecule has 0 unspecified atom stereocenters. The van der Waals surface area contributed by atoms with Crippen LogP contribution >= 0.6 is 0 Å². The van der Waals surface area contributed by atoms with Crippen LogP contribution < -0.4 is 0 Å². The van der Waals surface area contributed by atoms with Gasteiger partial charge in [0, 0.05) is 33.1 Å². The summed E-state index contributed by atoms with van der Waals surface area (Å²) in [6.07, 6.45) is 0. The standard InChI is InChI=1S/C25H25N2O/c1-21(28)26-17-19-27(20-18-26)25(22-11-5-2-6-12-22,23-13-7-3-8-14-23)24-15-9-4-10-16-24/h2-16H,1,17-20H2. The van der Waals surface area contributed by atoms with Gasteiger partial charge >= 0.3 is 0 Å². The molecule has 0 bridgehead atoms. The molecule has 28 heavy (non-hydrogen) atoms. The molecule has 1 radical (unpaired) electrons. The predicted octanol–water partition coefficient (Wildman–Crippen LogP) is 3.96. The summed E-state index contributed by atoms with van der Waals surface area (Å²) in [5.74, 6) is -0.0932. The number of piperazine rings is 1. The van der Waals surface area contributed by atoms with E-state index in [0.717, 1.165) is 13.1 Å². The molecule has 3 aromatic carbocycles. The second kappa shape index (κ2) is 7.99. The highest BCUT2D eigenvalue weighted by atomic mass is 16.2. The van der Waals surface area contributed by atoms with Crippen LogP contribution in [0.25, 0.3) is 0 Å². The normalized spacial score (nSPS) is 15.4. The summed E-state index contributed by atoms with van der Waals surface area (Å²) in [5, 5.41) is 0. The van der Waals surface area contributed by atoms with Crippen LogP contribution in [-0.4, -0.2) is 41.9 Å². The van der Waals surface area contributed by atoms with Gasteiger partial charge in [-0.2, -0.15) is 0 Å². The Balaban J connectivity index is 1.91. The van der Waals surface area contributed by atoms with E-state index in [4.69, 9.17) is 0 Å². The Kier molecular flexibility index (Phi) is 5.27. The molecule has 0 saturated carbocycles. The molecule has 1 saturated heterocycles. The van der Waals surface area contributed by atoms with Gasteiger partial charge in [0.15, 0.2) is 0 Å². The molecule has 3 nitrogen and oxygen atoms in total. The minimum atomic E-state index is -0.403. The number of carbonyl (C=O) groups excluding carboxylic acids is 1. The topological polar surface area (TPSA) is 23.6 Å². The lowest BCUT2D eigenvalue weighted by molar-refractivity contribution is -0.128. The van der Waals surface area contributed by atoms with Crippen LogP contribution in [0.4, 0.5) is 0 Å². The Hall–Kier alpha value is -2.91. The van der Waals surface area contributed by atoms with Crippen LogP contribution in [0.1, 0.15) is 16.7 Å². The molecule has 4 rings (SSSR count). The Labute approximate surface area is 167 Å². The van der Waals surface area contributed by atoms with Crippen molar-refractivity contribution >= 4 is 5.91 Å². The summed E-state index contributed by atoms with van der Waals surface area (Å²) >= 11 is 0. The molecule has 1 aliphatic heterocycles. The van der Waals surface area contributed by atoms with E-state index < -0.39 is 5.54 Å². The van der Waals surface area contributed by atoms with Crippen molar-refractivity contribution in [3.63, 3.8) is 0 Å². The Morgan fingerprint density at radius 1 is 0.643 bits per heavy atom. The fourth-order valence-corrected chi connectivity index (χ4v) is 4.38. The average molecular weight is 369 g/mol. The van der Waals surface area contributed by atoms with Crippen LogP contribution in [-0.2, 0) is 10.3 Å². The van der Waals surface area contributed by atoms with E-state index in [1.165, 1.54) is 16.7 Å². The van der Waals surface area contributed by atoms with Gasteiger partial charge in [-0.15, -0.1) is 0 Å². The van der Waals surface area contributed by atoms with Crippen molar-refractivity contribution in [3.05, 3.63) is 115 Å². The molecule has 3 heteroatoms. The maximum atomic E-state index is 11.8. The van der Waals surface area contributed by atoms with Crippen molar-refractivity contribution < 1.29 is 4.79 Å². The van der Waals surface area contributed by atoms with E-state index in [0.29, 0.717) is 13.1 Å². The minimum Gasteiger partial charge on any atom is -0.340 e. The van der Waals surface area contributed by atoms with Gasteiger partial charge in [-0.1, -0.05) is 91.0 Å². The highest BCUT2D eigenvalue weighted by Crippen LogP contribution is 2.42. The van der Waals surface area contributed by atoms with Crippen LogP contribution in [0.15, 0.2) is 91.0 Å². The van der Waals surface area contributed by atoms with Gasteiger partial charge in [-0.3, -0.25) is 9.69 Å². The van der Waals surface area contributed by atoms with E-state index in [9.17, 15) is 4.79 Å². The second-order valence-corrected chi connectivity index (χ2v) is 7.18. The average Bonchev–Trinajstić information content (AvgIpc) is 2.77. The zero-order valence-electron chi connectivity index (χ0n) is 16.0. The Morgan fingerprint density at radius 2 is 1.00 bits per heavy atom. The van der Waals surface area contributed by atoms with Gasteiger partial charge in [0.1, 0.15) is 0 Å². The first kappa shape index (κ1) is 18.5. The fraction of sp³-hybridized carbons (Fsp3) is 0.200. The zero-order valence-corrected chi connectivity index (χ0v) is 16.0. The number of carbonyl (C=O) groups is 1. The molecular weight excluding hydrogens is 344 g/mol. The van der Waals surface area contributed by atoms with Gasteiger partial charge in [0.2, 0.25) is 5.91 Å². The molecule has 3 aromatic rings. The molecular formula is C25H25N2O. The van der Waals surface area contributed by atoms with E-state index >= 15 is 0 Å². The highest BCUT2D eigenvalue weighted by Gasteiger charge is 2.43. The summed E-state index contributed by atoms with van der Waals surface area (Å²) in [6, 6.07) is 32.0. The molecule has 0 atom stereocenters. The van der Waals surface area contributed by atoms with Gasteiger partial charge < -0.3 is 4.90 Å². The number of nitrogens with zero attached hydrogens (tertiary/aromatic N) is 2. The summed E-state index contributed by atoms with van der Waals surface area (Å²) in [7, 11) is 0. The smallest absolute Gasteiger partial charge is 0.223 e. The summed E-state index contributed by atoms with van der Waals surface area (Å²) in [4.78, 5) is 16.1. The third-order valence-corrected chi connectivity index (χ3v) is 5.68. The number of hydrogen-bond donors (Lipinski definition) is 0. The summed E-state index contributed by atoms with van der Waals surface area (Å²) < 4.78 is 0. The van der Waals surface area contributed by atoms with E-state index in [1.807, 2.05) is 4.90 Å². The highest BCUT2D eigenvalue weighted by molar-refractivity contribution is 5.80. The third kappa shape index (κ3) is 3.23. The van der Waals surface area contributed by atoms with Crippen LogP contribution in [0.5, 0.6) is 0 Å². The maximum absolute atomic E-state index is 11.8. The van der Waals surface area contributed by atoms with Crippen molar-refractivity contribution in [2.24, 2.45) is 0 Å². The number of rotatable bonds is 4. The SMILES string of the molecule is [CH2]C(=O)N1CCN(C(c2ccccc2)(c2ccccc2)c2ccccc2)CC1. The lowest BCUT2D eigenvalue weighted by Gasteiger charge is -2.49. The maximum Gasteiger partial charge on any atom is 0.223 e. The van der Waals surface area contributed by atoms with Crippen molar-refractivity contribution in [2.45, 2.75) is 5.54 Å². The molecule has 0 aliphatic carbocycles. The van der Waals surface area contributed by atoms with E-state index in [2.05, 4.69) is 103 Å². The Morgan fingerprint density at radius 3 is 1.32 bits per heavy atom. The van der Waals surface area contributed by atoms with Gasteiger partial charge in [-0.05, 0) is 16.7 Å². The number of hydrogen-bond acceptors (Lipinski definition) is 2. The molecule has 1 aliphatic rings. The van der Waals surface area contributed by atoms with Crippen molar-refractivity contribution in [3.8, 4) is 0 Å². The van der Waals surface area contributed by atoms with Crippen LogP contribution in [0.3, 0.4) is 0 Å². The third-order valence-electron chi connectivity index (χ3n) is 5.68. The molecule has 1 heterocycles. The zero-order chi connectivity index (χ0) is 19.4. The first-order valence-corrected chi connectivity index (χ1v) is 9.75. The Bertz CT molecular complexity index is 804. The lowest BCUT2D eigenvalue weighted by Crippen LogP contribution is -2.57. The van der Waals surface area contributed by atoms with Gasteiger partial charge in [-0.25, -0.2) is 0 Å². The lowest BCUT2D eigenvalue weighted by atomic mass is 9.75. The molecule has 0 spiro atoms. The molecule has 141 valence electrons. The molecule has 1 fully saturated rings. The van der Waals surface area contributed by atoms with Crippen molar-refractivity contribution in [1.29, 1.82) is 0 Å². The first-order chi connectivity index (χ1) is 13.7. The molecule has 0 aromatic heterocycles. The number of amides is 1. The first-order valence-electron chi connectivity index (χ1n) is 9.75. The minimum absolute atomic E-state index is 0.0932. The molecule has 1 amide bonds. The van der Waals surface area contributed by atoms with E-state index in [-0.39, 0.29) is 5.91 Å². The summed E-state index contributed by atoms with van der Waals surface area (Å²) in [6.45, 7) is 6.56. The van der Waals surface area contributed by atoms with Crippen LogP contribution in [0.2, 0.25) is 0 Å². The van der Waals surface area contributed by atoms with Crippen molar-refractivity contribution in [1.82, 2.24) is 9.80 Å². The number of benzene rings is 3. The molecule has 0 N–H and O–H groups in total. The summed E-state index contributed by atoms with van der Waals surface area (Å²) in [5.41, 5.74) is 3.31. The largest absolute Gasteiger partial charge is 0.340 e. The van der Waals surface area contributed by atoms with Gasteiger partial charge in [0.25, 0.3) is 0 Å². The van der Waals surface area contributed by atoms with E-state index in [1.54, 1.807) is 0 Å². The van der Waals surface area contributed by atoms with Crippen LogP contribution in [0, 0.1) is 6.92 Å².